The molecule has 1 saturated heterocycles. The third-order valence-electron chi connectivity index (χ3n) is 2.75. The van der Waals surface area contributed by atoms with E-state index in [0.29, 0.717) is 6.54 Å². The first kappa shape index (κ1) is 13.9. The standard InChI is InChI=1S/C11H20N2O4/c1-11(17,6-12(2)3)7-13-5-8(10(15)16)4-9(13)14/h8,17H,4-7H2,1-3H3,(H,15,16). The molecular formula is C11H20N2O4. The van der Waals surface area contributed by atoms with Gasteiger partial charge in [-0.1, -0.05) is 0 Å². The molecule has 0 radical (unpaired) electrons. The molecule has 1 amide bonds. The number of carbonyl (C=O) groups is 2. The van der Waals surface area contributed by atoms with Crippen LogP contribution in [0.3, 0.4) is 0 Å². The maximum atomic E-state index is 11.6. The minimum Gasteiger partial charge on any atom is -0.481 e. The van der Waals surface area contributed by atoms with E-state index in [1.165, 1.54) is 4.90 Å². The predicted molar refractivity (Wildman–Crippen MR) is 61.5 cm³/mol. The van der Waals surface area contributed by atoms with Crippen molar-refractivity contribution in [1.82, 2.24) is 9.80 Å². The number of carbonyl (C=O) groups excluding carboxylic acids is 1. The van der Waals surface area contributed by atoms with Crippen molar-refractivity contribution in [3.8, 4) is 0 Å². The molecule has 0 bridgehead atoms. The van der Waals surface area contributed by atoms with E-state index < -0.39 is 17.5 Å². The van der Waals surface area contributed by atoms with E-state index in [9.17, 15) is 14.7 Å². The molecule has 2 atom stereocenters. The zero-order valence-electron chi connectivity index (χ0n) is 10.5. The highest BCUT2D eigenvalue weighted by atomic mass is 16.4. The third-order valence-corrected chi connectivity index (χ3v) is 2.75. The van der Waals surface area contributed by atoms with Gasteiger partial charge < -0.3 is 20.0 Å². The van der Waals surface area contributed by atoms with E-state index in [2.05, 4.69) is 0 Å². The Morgan fingerprint density at radius 1 is 1.59 bits per heavy atom. The number of carboxylic acids is 1. The van der Waals surface area contributed by atoms with Crippen LogP contribution >= 0.6 is 0 Å². The first-order valence-corrected chi connectivity index (χ1v) is 5.59. The van der Waals surface area contributed by atoms with Crippen LogP contribution in [0.2, 0.25) is 0 Å². The number of hydrogen-bond acceptors (Lipinski definition) is 4. The SMILES string of the molecule is CN(C)CC(C)(O)CN1CC(C(=O)O)CC1=O. The molecule has 1 rings (SSSR count). The van der Waals surface area contributed by atoms with Crippen LogP contribution in [0.1, 0.15) is 13.3 Å². The van der Waals surface area contributed by atoms with Gasteiger partial charge in [0.2, 0.25) is 5.91 Å². The molecule has 0 spiro atoms. The Morgan fingerprint density at radius 3 is 2.59 bits per heavy atom. The summed E-state index contributed by atoms with van der Waals surface area (Å²) < 4.78 is 0. The highest BCUT2D eigenvalue weighted by Crippen LogP contribution is 2.20. The second-order valence-electron chi connectivity index (χ2n) is 5.25. The summed E-state index contributed by atoms with van der Waals surface area (Å²) in [6.07, 6.45) is 0.0351. The summed E-state index contributed by atoms with van der Waals surface area (Å²) in [7, 11) is 3.67. The largest absolute Gasteiger partial charge is 0.481 e. The fraction of sp³-hybridized carbons (Fsp3) is 0.818. The van der Waals surface area contributed by atoms with Crippen molar-refractivity contribution in [2.45, 2.75) is 18.9 Å². The number of amides is 1. The quantitative estimate of drug-likeness (QED) is 0.664. The Labute approximate surface area is 101 Å². The van der Waals surface area contributed by atoms with Gasteiger partial charge in [0.05, 0.1) is 18.1 Å². The fourth-order valence-electron chi connectivity index (χ4n) is 2.23. The normalized spacial score (nSPS) is 24.2. The molecular weight excluding hydrogens is 224 g/mol. The number of nitrogens with zero attached hydrogens (tertiary/aromatic N) is 2. The highest BCUT2D eigenvalue weighted by Gasteiger charge is 2.37. The monoisotopic (exact) mass is 244 g/mol. The summed E-state index contributed by atoms with van der Waals surface area (Å²) >= 11 is 0. The van der Waals surface area contributed by atoms with Crippen molar-refractivity contribution in [2.24, 2.45) is 5.92 Å². The van der Waals surface area contributed by atoms with Crippen molar-refractivity contribution in [3.05, 3.63) is 0 Å². The lowest BCUT2D eigenvalue weighted by atomic mass is 10.1. The Hall–Kier alpha value is -1.14. The van der Waals surface area contributed by atoms with Gasteiger partial charge in [0.1, 0.15) is 0 Å². The van der Waals surface area contributed by atoms with Crippen LogP contribution in [0.15, 0.2) is 0 Å². The molecule has 2 N–H and O–H groups in total. The van der Waals surface area contributed by atoms with Gasteiger partial charge in [-0.2, -0.15) is 0 Å². The summed E-state index contributed by atoms with van der Waals surface area (Å²) in [6.45, 7) is 2.44. The Bertz CT molecular complexity index is 315. The summed E-state index contributed by atoms with van der Waals surface area (Å²) in [5.74, 6) is -1.79. The lowest BCUT2D eigenvalue weighted by Gasteiger charge is -2.31. The van der Waals surface area contributed by atoms with Crippen LogP contribution in [0.4, 0.5) is 0 Å². The van der Waals surface area contributed by atoms with Crippen LogP contribution in [0.5, 0.6) is 0 Å². The number of likely N-dealkylation sites (N-methyl/N-ethyl adjacent to an activating group) is 1. The van der Waals surface area contributed by atoms with E-state index >= 15 is 0 Å². The molecule has 1 aliphatic heterocycles. The summed E-state index contributed by atoms with van der Waals surface area (Å²) in [5.41, 5.74) is -1.02. The zero-order valence-corrected chi connectivity index (χ0v) is 10.5. The number of rotatable bonds is 5. The van der Waals surface area contributed by atoms with Crippen molar-refractivity contribution >= 4 is 11.9 Å². The zero-order chi connectivity index (χ0) is 13.2. The van der Waals surface area contributed by atoms with Crippen LogP contribution in [-0.2, 0) is 9.59 Å². The van der Waals surface area contributed by atoms with Crippen LogP contribution in [-0.4, -0.2) is 71.2 Å². The molecule has 1 fully saturated rings. The summed E-state index contributed by atoms with van der Waals surface area (Å²) in [6, 6.07) is 0. The Morgan fingerprint density at radius 2 is 2.18 bits per heavy atom. The first-order valence-electron chi connectivity index (χ1n) is 5.59. The maximum Gasteiger partial charge on any atom is 0.308 e. The summed E-state index contributed by atoms with van der Waals surface area (Å²) in [5, 5.41) is 18.9. The molecule has 0 aliphatic carbocycles. The fourth-order valence-corrected chi connectivity index (χ4v) is 2.23. The minimum absolute atomic E-state index is 0.0351. The molecule has 1 aliphatic rings. The number of β-amino-alcohol motifs (C(OH)–C–C–N with tert-alkyl or cyclic N) is 1. The van der Waals surface area contributed by atoms with Crippen LogP contribution in [0, 0.1) is 5.92 Å². The van der Waals surface area contributed by atoms with Crippen molar-refractivity contribution in [2.75, 3.05) is 33.7 Å². The van der Waals surface area contributed by atoms with E-state index in [1.807, 2.05) is 19.0 Å². The molecule has 0 saturated carbocycles. The van der Waals surface area contributed by atoms with Gasteiger partial charge in [0.15, 0.2) is 0 Å². The van der Waals surface area contributed by atoms with Gasteiger partial charge in [-0.05, 0) is 21.0 Å². The molecule has 0 aromatic rings. The van der Waals surface area contributed by atoms with E-state index in [-0.39, 0.29) is 25.4 Å². The van der Waals surface area contributed by atoms with Crippen LogP contribution in [0.25, 0.3) is 0 Å². The molecule has 2 unspecified atom stereocenters. The first-order chi connectivity index (χ1) is 7.71. The minimum atomic E-state index is -1.02. The number of hydrogen-bond donors (Lipinski definition) is 2. The number of carboxylic acid groups (broad SMARTS) is 1. The van der Waals surface area contributed by atoms with Gasteiger partial charge >= 0.3 is 5.97 Å². The molecule has 17 heavy (non-hydrogen) atoms. The van der Waals surface area contributed by atoms with Gasteiger partial charge in [-0.25, -0.2) is 0 Å². The van der Waals surface area contributed by atoms with Gasteiger partial charge in [0, 0.05) is 19.5 Å². The number of likely N-dealkylation sites (tertiary alicyclic amines) is 1. The van der Waals surface area contributed by atoms with Gasteiger partial charge in [0.25, 0.3) is 0 Å². The summed E-state index contributed by atoms with van der Waals surface area (Å²) in [4.78, 5) is 25.6. The van der Waals surface area contributed by atoms with E-state index in [4.69, 9.17) is 5.11 Å². The molecule has 0 aromatic carbocycles. The maximum absolute atomic E-state index is 11.6. The van der Waals surface area contributed by atoms with Crippen molar-refractivity contribution in [1.29, 1.82) is 0 Å². The Balaban J connectivity index is 2.58. The van der Waals surface area contributed by atoms with Gasteiger partial charge in [-0.15, -0.1) is 0 Å². The van der Waals surface area contributed by atoms with Gasteiger partial charge in [-0.3, -0.25) is 9.59 Å². The number of aliphatic carboxylic acids is 1. The highest BCUT2D eigenvalue weighted by molar-refractivity contribution is 5.86. The van der Waals surface area contributed by atoms with Crippen molar-refractivity contribution < 1.29 is 19.8 Å². The smallest absolute Gasteiger partial charge is 0.308 e. The van der Waals surface area contributed by atoms with Crippen LogP contribution < -0.4 is 0 Å². The molecule has 0 aromatic heterocycles. The predicted octanol–water partition coefficient (Wildman–Crippen LogP) is -0.768. The second kappa shape index (κ2) is 5.01. The Kier molecular flexibility index (Phi) is 4.11. The molecule has 98 valence electrons. The molecule has 6 nitrogen and oxygen atoms in total. The average molecular weight is 244 g/mol. The lowest BCUT2D eigenvalue weighted by Crippen LogP contribution is -2.47. The topological polar surface area (TPSA) is 81.1 Å². The average Bonchev–Trinajstić information content (AvgIpc) is 2.44. The number of aliphatic hydroxyl groups is 1. The van der Waals surface area contributed by atoms with E-state index in [1.54, 1.807) is 6.92 Å². The van der Waals surface area contributed by atoms with E-state index in [0.717, 1.165) is 0 Å². The third kappa shape index (κ3) is 3.98. The lowest BCUT2D eigenvalue weighted by molar-refractivity contribution is -0.141. The molecule has 1 heterocycles. The van der Waals surface area contributed by atoms with Crippen molar-refractivity contribution in [3.63, 3.8) is 0 Å². The molecule has 6 heteroatoms. The second-order valence-corrected chi connectivity index (χ2v) is 5.25.